The normalized spacial score (nSPS) is 6.60. The van der Waals surface area contributed by atoms with E-state index in [1.165, 1.54) is 0 Å². The van der Waals surface area contributed by atoms with Crippen LogP contribution in [0.2, 0.25) is 0 Å². The molecule has 5 aromatic rings. The van der Waals surface area contributed by atoms with Crippen LogP contribution in [-0.2, 0) is 0 Å². The van der Waals surface area contributed by atoms with Crippen LogP contribution in [0.15, 0.2) is 109 Å². The molecule has 0 aliphatic rings. The Labute approximate surface area is 358 Å². The molecule has 0 radical (unpaired) electrons. The summed E-state index contributed by atoms with van der Waals surface area (Å²) in [6, 6.07) is 132. The Morgan fingerprint density at radius 1 is 0.150 bits per heavy atom. The lowest BCUT2D eigenvalue weighted by Crippen LogP contribution is -1.64. The monoisotopic (exact) mass is 738 g/mol. The van der Waals surface area contributed by atoms with Crippen molar-refractivity contribution in [3.05, 3.63) is 328 Å². The highest BCUT2D eigenvalue weighted by molar-refractivity contribution is 5.76. The van der Waals surface area contributed by atoms with E-state index in [0.717, 1.165) is 0 Å². The average molecular weight is 739 g/mol. The molecule has 258 valence electrons. The molecule has 6 bridgehead atoms. The van der Waals surface area contributed by atoms with E-state index in [4.69, 9.17) is 0 Å². The van der Waals surface area contributed by atoms with Crippen LogP contribution in [0.4, 0.5) is 0 Å². The summed E-state index contributed by atoms with van der Waals surface area (Å²) in [4.78, 5) is 0. The fraction of sp³-hybridized carbons (Fsp3) is 0. The number of rotatable bonds is 0. The van der Waals surface area contributed by atoms with Crippen molar-refractivity contribution in [2.45, 2.75) is 0 Å². The maximum Gasteiger partial charge on any atom is 0.0280 e. The van der Waals surface area contributed by atoms with E-state index in [1.807, 2.05) is 36.4 Å². The smallest absolute Gasteiger partial charge is 0.0280 e. The second kappa shape index (κ2) is 28.5. The number of benzene rings is 2. The fourth-order valence-electron chi connectivity index (χ4n) is 3.74. The minimum absolute atomic E-state index is 0.667. The number of fused-ring (bicyclic) bond motifs is 27. The highest BCUT2D eigenvalue weighted by Gasteiger charge is 1.87. The molecule has 0 heterocycles. The van der Waals surface area contributed by atoms with Gasteiger partial charge in [0, 0.05) is 32.3 Å². The zero-order valence-corrected chi connectivity index (χ0v) is 31.4. The molecule has 0 aliphatic carbocycles. The summed E-state index contributed by atoms with van der Waals surface area (Å²) in [5.74, 6) is 0. The molecule has 0 saturated heterocycles. The summed E-state index contributed by atoms with van der Waals surface area (Å²) in [5.41, 5.74) is 0. The molecule has 5 rings (SSSR count). The molecule has 0 fully saturated rings. The molecule has 0 nitrogen and oxygen atoms in total. The first-order valence-electron chi connectivity index (χ1n) is 17.2. The van der Waals surface area contributed by atoms with Crippen LogP contribution < -0.4 is 0 Å². The first-order valence-corrected chi connectivity index (χ1v) is 17.2. The van der Waals surface area contributed by atoms with Gasteiger partial charge in [0.2, 0.25) is 0 Å². The molecule has 0 heteroatoms. The third-order valence-electron chi connectivity index (χ3n) is 6.04. The maximum absolute atomic E-state index is 3.03. The Kier molecular flexibility index (Phi) is 19.8. The Morgan fingerprint density at radius 2 is 0.267 bits per heavy atom. The van der Waals surface area contributed by atoms with E-state index >= 15 is 0 Å². The van der Waals surface area contributed by atoms with Crippen molar-refractivity contribution < 1.29 is 0 Å². The SMILES string of the molecule is c1c#cccc#cc#cc2cc3c#cc#cccc#cc#cccc#cc#cc4cc(c#cc#cccc#1)cc(c#cc#cccc#cc#cccc#cc#cc(c2)c3)c4. The van der Waals surface area contributed by atoms with Crippen molar-refractivity contribution in [1.29, 1.82) is 0 Å². The van der Waals surface area contributed by atoms with Crippen molar-refractivity contribution in [3.8, 4) is 0 Å². The highest BCUT2D eigenvalue weighted by Crippen LogP contribution is 2.09. The van der Waals surface area contributed by atoms with Gasteiger partial charge in [0.25, 0.3) is 0 Å². The van der Waals surface area contributed by atoms with Gasteiger partial charge in [-0.25, -0.2) is 0 Å². The largest absolute Gasteiger partial charge is 0.0601 e. The Bertz CT molecular complexity index is 2130. The maximum atomic E-state index is 3.03. The Hall–Kier alpha value is -11.0. The third-order valence-corrected chi connectivity index (χ3v) is 6.04. The van der Waals surface area contributed by atoms with Crippen LogP contribution in [0, 0.1) is 218 Å². The predicted molar refractivity (Wildman–Crippen MR) is 222 cm³/mol. The first kappa shape index (κ1) is 41.7. The lowest BCUT2D eigenvalue weighted by atomic mass is 10.2. The standard InChI is InChI=1S/C60H18/c1-2-8-14-20-26-32-38-44-56-51-59-47-41-35-29-23-17-11-5-3-9-15-21-27-33-39-45-57-49-55(43-37-31-25-19-13-7-1)50-58(53-57)46-40-34-28-22-16-10-4-6-12-18-24-30-36-42-48-60(52-56)54-59/h13-24,49-54H. The fourth-order valence-corrected chi connectivity index (χ4v) is 3.74. The summed E-state index contributed by atoms with van der Waals surface area (Å²) in [7, 11) is 0. The summed E-state index contributed by atoms with van der Waals surface area (Å²) in [5, 5.41) is 4.00. The molecule has 0 aliphatic heterocycles. The van der Waals surface area contributed by atoms with Gasteiger partial charge < -0.3 is 0 Å². The van der Waals surface area contributed by atoms with Crippen molar-refractivity contribution in [3.63, 3.8) is 0 Å². The first-order chi connectivity index (χ1) is 29.8. The van der Waals surface area contributed by atoms with Gasteiger partial charge in [-0.1, -0.05) is 109 Å². The van der Waals surface area contributed by atoms with Gasteiger partial charge in [-0.15, -0.1) is 0 Å². The molecule has 0 spiro atoms. The lowest BCUT2D eigenvalue weighted by molar-refractivity contribution is 1.81. The zero-order chi connectivity index (χ0) is 41.6. The van der Waals surface area contributed by atoms with E-state index in [1.54, 1.807) is 72.8 Å². The van der Waals surface area contributed by atoms with Crippen LogP contribution >= 0.6 is 0 Å². The van der Waals surface area contributed by atoms with Gasteiger partial charge in [0.15, 0.2) is 0 Å². The van der Waals surface area contributed by atoms with Gasteiger partial charge in [-0.2, -0.15) is 0 Å². The number of hydrogen-bond donors (Lipinski definition) is 0. The average Bonchev–Trinajstić information content (AvgIpc) is 3.25. The van der Waals surface area contributed by atoms with Crippen LogP contribution in [0.5, 0.6) is 0 Å². The van der Waals surface area contributed by atoms with Gasteiger partial charge in [0.1, 0.15) is 0 Å². The minimum Gasteiger partial charge on any atom is -0.0601 e. The van der Waals surface area contributed by atoms with Gasteiger partial charge in [0.05, 0.1) is 0 Å². The summed E-state index contributed by atoms with van der Waals surface area (Å²) in [6.07, 6.45) is 0. The third kappa shape index (κ3) is 20.3. The second-order valence-electron chi connectivity index (χ2n) is 10.3. The molecule has 0 aromatic heterocycles. The van der Waals surface area contributed by atoms with Crippen molar-refractivity contribution in [1.82, 2.24) is 0 Å². The van der Waals surface area contributed by atoms with Gasteiger partial charge in [-0.05, 0) is 218 Å². The molecule has 0 unspecified atom stereocenters. The Morgan fingerprint density at radius 3 is 0.400 bits per heavy atom. The molecule has 0 atom stereocenters. The molecule has 60 heavy (non-hydrogen) atoms. The van der Waals surface area contributed by atoms with Crippen LogP contribution in [0.3, 0.4) is 0 Å². The van der Waals surface area contributed by atoms with E-state index < -0.39 is 0 Å². The predicted octanol–water partition coefficient (Wildman–Crippen LogP) is 9.76. The zero-order valence-electron chi connectivity index (χ0n) is 31.4. The topological polar surface area (TPSA) is 0 Å². The molecule has 0 saturated carbocycles. The van der Waals surface area contributed by atoms with Crippen molar-refractivity contribution >= 4 is 32.3 Å². The van der Waals surface area contributed by atoms with Gasteiger partial charge >= 0.3 is 0 Å². The van der Waals surface area contributed by atoms with E-state index in [9.17, 15) is 0 Å². The van der Waals surface area contributed by atoms with E-state index in [0.29, 0.717) is 32.3 Å². The van der Waals surface area contributed by atoms with Crippen molar-refractivity contribution in [2.24, 2.45) is 0 Å². The molecule has 0 amide bonds. The van der Waals surface area contributed by atoms with E-state index in [2.05, 4.69) is 218 Å². The Balaban J connectivity index is 1.89. The summed E-state index contributed by atoms with van der Waals surface area (Å²) >= 11 is 0. The van der Waals surface area contributed by atoms with Gasteiger partial charge in [-0.3, -0.25) is 0 Å². The molecule has 5 aromatic carbocycles. The lowest BCUT2D eigenvalue weighted by Gasteiger charge is -1.86. The highest BCUT2D eigenvalue weighted by atomic mass is 13.9. The molecular weight excluding hydrogens is 721 g/mol. The van der Waals surface area contributed by atoms with Crippen LogP contribution in [-0.4, -0.2) is 0 Å². The molecule has 0 N–H and O–H groups in total. The number of hydrogen-bond acceptors (Lipinski definition) is 0. The van der Waals surface area contributed by atoms with E-state index in [-0.39, 0.29) is 0 Å². The van der Waals surface area contributed by atoms with Crippen LogP contribution in [0.1, 0.15) is 0 Å². The minimum atomic E-state index is 0.667. The summed E-state index contributed by atoms with van der Waals surface area (Å²) in [6.45, 7) is 0. The van der Waals surface area contributed by atoms with Crippen molar-refractivity contribution in [2.75, 3.05) is 0 Å². The molecular formula is C60H18. The summed E-state index contributed by atoms with van der Waals surface area (Å²) < 4.78 is 0. The second-order valence-corrected chi connectivity index (χ2v) is 10.3. The quantitative estimate of drug-likeness (QED) is 0.169. The van der Waals surface area contributed by atoms with Crippen LogP contribution in [0.25, 0.3) is 32.3 Å².